The zero-order chi connectivity index (χ0) is 14.1. The Hall–Kier alpha value is -1.84. The third-order valence-corrected chi connectivity index (χ3v) is 5.32. The molecule has 0 bridgehead atoms. The van der Waals surface area contributed by atoms with Crippen molar-refractivity contribution in [2.45, 2.75) is 0 Å². The molecule has 21 heavy (non-hydrogen) atoms. The van der Waals surface area contributed by atoms with E-state index in [0.29, 0.717) is 26.4 Å². The Kier molecular flexibility index (Phi) is 3.37. The Bertz CT molecular complexity index is 614. The van der Waals surface area contributed by atoms with E-state index < -0.39 is 0 Å². The summed E-state index contributed by atoms with van der Waals surface area (Å²) in [5, 5.41) is 0. The third kappa shape index (κ3) is 2.67. The van der Waals surface area contributed by atoms with Crippen LogP contribution in [0.15, 0.2) is 36.4 Å². The van der Waals surface area contributed by atoms with E-state index >= 15 is 0 Å². The molecule has 2 aliphatic heterocycles. The van der Waals surface area contributed by atoms with Gasteiger partial charge in [-0.2, -0.15) is 0 Å². The molecule has 2 aromatic carbocycles. The predicted molar refractivity (Wildman–Crippen MR) is 79.9 cm³/mol. The van der Waals surface area contributed by atoms with Gasteiger partial charge in [-0.05, 0) is 0 Å². The van der Waals surface area contributed by atoms with E-state index in [1.165, 1.54) is 8.92 Å². The van der Waals surface area contributed by atoms with Crippen LogP contribution in [0.1, 0.15) is 0 Å². The number of ether oxygens (including phenoxy) is 4. The molecule has 0 saturated carbocycles. The van der Waals surface area contributed by atoms with Crippen LogP contribution < -0.4 is 27.9 Å². The third-order valence-electron chi connectivity index (χ3n) is 3.26. The Morgan fingerprint density at radius 3 is 1.48 bits per heavy atom. The molecule has 2 aromatic rings. The zero-order valence-electron chi connectivity index (χ0n) is 11.3. The molecule has 0 amide bonds. The van der Waals surface area contributed by atoms with Gasteiger partial charge in [0, 0.05) is 0 Å². The monoisotopic (exact) mass is 350 g/mol. The topological polar surface area (TPSA) is 36.9 Å². The first-order valence-electron chi connectivity index (χ1n) is 6.86. The Morgan fingerprint density at radius 1 is 0.571 bits per heavy atom. The number of hydrogen-bond donors (Lipinski definition) is 0. The van der Waals surface area contributed by atoms with Crippen LogP contribution in [0.3, 0.4) is 0 Å². The molecule has 4 rings (SSSR count). The zero-order valence-corrected chi connectivity index (χ0v) is 13.0. The second kappa shape index (κ2) is 5.51. The van der Waals surface area contributed by atoms with E-state index in [-0.39, 0.29) is 15.0 Å². The summed E-state index contributed by atoms with van der Waals surface area (Å²) < 4.78 is 24.9. The van der Waals surface area contributed by atoms with E-state index in [2.05, 4.69) is 24.3 Å². The summed E-state index contributed by atoms with van der Waals surface area (Å²) in [7, 11) is 0. The minimum atomic E-state index is 0.200. The summed E-state index contributed by atoms with van der Waals surface area (Å²) >= 11 is 0.200. The fraction of sp³-hybridized carbons (Fsp3) is 0.250. The van der Waals surface area contributed by atoms with Crippen molar-refractivity contribution in [2.24, 2.45) is 0 Å². The van der Waals surface area contributed by atoms with Gasteiger partial charge < -0.3 is 0 Å². The minimum absolute atomic E-state index is 0.200. The van der Waals surface area contributed by atoms with Gasteiger partial charge in [-0.1, -0.05) is 0 Å². The molecule has 0 radical (unpaired) electrons. The van der Waals surface area contributed by atoms with Gasteiger partial charge in [0.15, 0.2) is 0 Å². The number of benzene rings is 2. The molecular weight excluding hydrogens is 335 g/mol. The van der Waals surface area contributed by atoms with Crippen molar-refractivity contribution < 1.29 is 18.9 Å². The maximum absolute atomic E-state index is 5.63. The van der Waals surface area contributed by atoms with Crippen LogP contribution in [0, 0.1) is 0 Å². The van der Waals surface area contributed by atoms with Crippen molar-refractivity contribution in [1.82, 2.24) is 0 Å². The summed E-state index contributed by atoms with van der Waals surface area (Å²) in [6.07, 6.45) is 0. The van der Waals surface area contributed by atoms with E-state index in [1.54, 1.807) is 0 Å². The van der Waals surface area contributed by atoms with Gasteiger partial charge in [0.1, 0.15) is 0 Å². The Balaban J connectivity index is 1.58. The average molecular weight is 349 g/mol. The quantitative estimate of drug-likeness (QED) is 0.755. The van der Waals surface area contributed by atoms with Crippen LogP contribution in [-0.4, -0.2) is 41.4 Å². The summed E-state index contributed by atoms with van der Waals surface area (Å²) in [4.78, 5) is 0. The molecule has 5 heteroatoms. The Morgan fingerprint density at radius 2 is 1.00 bits per heavy atom. The average Bonchev–Trinajstić information content (AvgIpc) is 2.55. The van der Waals surface area contributed by atoms with Gasteiger partial charge in [-0.3, -0.25) is 0 Å². The summed E-state index contributed by atoms with van der Waals surface area (Å²) in [6.45, 7) is 2.49. The normalized spacial score (nSPS) is 15.6. The molecule has 0 fully saturated rings. The van der Waals surface area contributed by atoms with E-state index in [4.69, 9.17) is 18.9 Å². The van der Waals surface area contributed by atoms with Crippen molar-refractivity contribution in [3.63, 3.8) is 0 Å². The fourth-order valence-corrected chi connectivity index (χ4v) is 4.15. The predicted octanol–water partition coefficient (Wildman–Crippen LogP) is 0.884. The molecule has 4 nitrogen and oxygen atoms in total. The first-order chi connectivity index (χ1) is 10.4. The Labute approximate surface area is 129 Å². The standard InChI is InChI=1S/C16H14O4Se/c1-3-13-15(19-7-5-17-13)9-11(1)21-12-2-4-14-16(10-12)20-8-6-18-14/h1-4,9-10H,5-8H2. The molecule has 0 atom stereocenters. The first-order valence-corrected chi connectivity index (χ1v) is 8.57. The van der Waals surface area contributed by atoms with Crippen LogP contribution in [0.2, 0.25) is 0 Å². The molecule has 0 N–H and O–H groups in total. The molecule has 0 aromatic heterocycles. The van der Waals surface area contributed by atoms with Gasteiger partial charge in [0.05, 0.1) is 0 Å². The maximum atomic E-state index is 5.63. The van der Waals surface area contributed by atoms with Gasteiger partial charge in [0.2, 0.25) is 0 Å². The van der Waals surface area contributed by atoms with Gasteiger partial charge in [0.25, 0.3) is 0 Å². The molecule has 0 aliphatic carbocycles. The van der Waals surface area contributed by atoms with E-state index in [0.717, 1.165) is 23.0 Å². The second-order valence-corrected chi connectivity index (χ2v) is 7.12. The summed E-state index contributed by atoms with van der Waals surface area (Å²) in [6, 6.07) is 12.3. The van der Waals surface area contributed by atoms with Crippen molar-refractivity contribution in [1.29, 1.82) is 0 Å². The molecule has 0 unspecified atom stereocenters. The van der Waals surface area contributed by atoms with Crippen molar-refractivity contribution in [3.8, 4) is 23.0 Å². The van der Waals surface area contributed by atoms with Gasteiger partial charge in [-0.15, -0.1) is 0 Å². The van der Waals surface area contributed by atoms with Crippen molar-refractivity contribution in [3.05, 3.63) is 36.4 Å². The molecule has 108 valence electrons. The second-order valence-electron chi connectivity index (χ2n) is 4.71. The summed E-state index contributed by atoms with van der Waals surface area (Å²) in [5.41, 5.74) is 0. The molecule has 0 spiro atoms. The number of fused-ring (bicyclic) bond motifs is 2. The molecule has 2 aliphatic rings. The van der Waals surface area contributed by atoms with Crippen LogP contribution in [0.4, 0.5) is 0 Å². The van der Waals surface area contributed by atoms with Crippen LogP contribution in [0.5, 0.6) is 23.0 Å². The number of hydrogen-bond acceptors (Lipinski definition) is 4. The molecule has 0 saturated heterocycles. The SMILES string of the molecule is c1cc2c(cc1[Se]c1ccc3c(c1)OCCO3)OCCO2. The summed E-state index contributed by atoms with van der Waals surface area (Å²) in [5.74, 6) is 3.36. The van der Waals surface area contributed by atoms with E-state index in [9.17, 15) is 0 Å². The first kappa shape index (κ1) is 12.9. The molecular formula is C16H14O4Se. The van der Waals surface area contributed by atoms with Crippen LogP contribution in [-0.2, 0) is 0 Å². The fourth-order valence-electron chi connectivity index (χ4n) is 2.31. The van der Waals surface area contributed by atoms with E-state index in [1.807, 2.05) is 12.1 Å². The molecule has 2 heterocycles. The van der Waals surface area contributed by atoms with Crippen LogP contribution >= 0.6 is 0 Å². The van der Waals surface area contributed by atoms with Crippen molar-refractivity contribution in [2.75, 3.05) is 26.4 Å². The van der Waals surface area contributed by atoms with Gasteiger partial charge in [-0.25, -0.2) is 0 Å². The van der Waals surface area contributed by atoms with Crippen molar-refractivity contribution >= 4 is 23.9 Å². The van der Waals surface area contributed by atoms with Crippen LogP contribution in [0.25, 0.3) is 0 Å². The number of rotatable bonds is 2. The van der Waals surface area contributed by atoms with Gasteiger partial charge >= 0.3 is 129 Å².